The molecule has 3 aromatic rings. The van der Waals surface area contributed by atoms with Gasteiger partial charge in [0.25, 0.3) is 5.95 Å². The summed E-state index contributed by atoms with van der Waals surface area (Å²) in [5.41, 5.74) is -3.98. The van der Waals surface area contributed by atoms with E-state index in [-0.39, 0.29) is 29.7 Å². The molecule has 2 aromatic carbocycles. The van der Waals surface area contributed by atoms with Crippen LogP contribution < -0.4 is 10.2 Å². The minimum Gasteiger partial charge on any atom is -0.341 e. The minimum atomic E-state index is -5.10. The molecule has 2 heterocycles. The molecule has 17 heteroatoms. The van der Waals surface area contributed by atoms with Crippen molar-refractivity contribution in [1.29, 1.82) is 0 Å². The quantitative estimate of drug-likeness (QED) is 0.286. The zero-order valence-corrected chi connectivity index (χ0v) is 23.6. The molecule has 44 heavy (non-hydrogen) atoms. The number of carbonyl (C=O) groups is 1. The highest BCUT2D eigenvalue weighted by Gasteiger charge is 2.39. The zero-order chi connectivity index (χ0) is 32.6. The molecule has 2 atom stereocenters. The van der Waals surface area contributed by atoms with Gasteiger partial charge in [-0.2, -0.15) is 44.3 Å². The predicted octanol–water partition coefficient (Wildman–Crippen LogP) is 6.09. The maximum Gasteiger partial charge on any atom is 0.416 e. The summed E-state index contributed by atoms with van der Waals surface area (Å²) in [6.07, 6.45) is -14.3. The van der Waals surface area contributed by atoms with E-state index in [1.54, 1.807) is 6.92 Å². The van der Waals surface area contributed by atoms with Crippen LogP contribution in [0.1, 0.15) is 66.1 Å². The number of amides is 1. The van der Waals surface area contributed by atoms with Crippen LogP contribution in [0.15, 0.2) is 36.4 Å². The molecule has 0 bridgehead atoms. The Morgan fingerprint density at radius 2 is 1.57 bits per heavy atom. The van der Waals surface area contributed by atoms with Gasteiger partial charge < -0.3 is 10.2 Å². The minimum absolute atomic E-state index is 0.0102. The van der Waals surface area contributed by atoms with Gasteiger partial charge in [0.05, 0.1) is 29.9 Å². The fourth-order valence-electron chi connectivity index (χ4n) is 5.18. The number of aryl methyl sites for hydroxylation is 1. The molecule has 0 saturated carbocycles. The number of halogens is 9. The van der Waals surface area contributed by atoms with E-state index in [1.807, 2.05) is 4.90 Å². The number of alkyl halides is 9. The SMILES string of the molecule is CCC(c1ccc(C(F)(F)F)cc1CN(Cc1cc(C(F)(F)F)cc(C(F)(F)F)c1)c1nnn(C)n1)N1CC[C@@H]1NC(C)=O. The van der Waals surface area contributed by atoms with Crippen molar-refractivity contribution in [2.24, 2.45) is 7.05 Å². The smallest absolute Gasteiger partial charge is 0.341 e. The van der Waals surface area contributed by atoms with E-state index in [0.717, 1.165) is 21.8 Å². The van der Waals surface area contributed by atoms with Crippen molar-refractivity contribution in [3.05, 3.63) is 69.8 Å². The molecule has 0 spiro atoms. The fourth-order valence-corrected chi connectivity index (χ4v) is 5.18. The van der Waals surface area contributed by atoms with E-state index in [4.69, 9.17) is 0 Å². The molecule has 4 rings (SSSR count). The van der Waals surface area contributed by atoms with Crippen molar-refractivity contribution >= 4 is 11.9 Å². The lowest BCUT2D eigenvalue weighted by molar-refractivity contribution is -0.143. The van der Waals surface area contributed by atoms with E-state index >= 15 is 0 Å². The Kier molecular flexibility index (Phi) is 9.19. The van der Waals surface area contributed by atoms with Crippen molar-refractivity contribution in [2.75, 3.05) is 11.4 Å². The second-order valence-electron chi connectivity index (χ2n) is 10.4. The van der Waals surface area contributed by atoms with Crippen LogP contribution in [0.25, 0.3) is 0 Å². The molecule has 240 valence electrons. The van der Waals surface area contributed by atoms with Gasteiger partial charge in [-0.3, -0.25) is 9.69 Å². The molecule has 0 radical (unpaired) electrons. The Morgan fingerprint density at radius 3 is 2.02 bits per heavy atom. The van der Waals surface area contributed by atoms with Gasteiger partial charge in [-0.1, -0.05) is 18.1 Å². The molecule has 8 nitrogen and oxygen atoms in total. The maximum atomic E-state index is 13.8. The van der Waals surface area contributed by atoms with Gasteiger partial charge in [0, 0.05) is 32.6 Å². The molecule has 1 aliphatic rings. The standard InChI is InChI=1S/C27H28F9N7O/c1-4-22(43-8-7-23(43)37-15(2)44)21-6-5-18(25(28,29)30)11-17(21)14-42(24-38-40-41(3)39-24)13-16-9-19(26(31,32)33)12-20(10-16)27(34,35)36/h5-6,9-12,22-23H,4,7-8,13-14H2,1-3H3,(H,37,44)/t22?,23-/m1/s1. The van der Waals surface area contributed by atoms with Crippen LogP contribution in [0.3, 0.4) is 0 Å². The van der Waals surface area contributed by atoms with Crippen LogP contribution in [0, 0.1) is 0 Å². The van der Waals surface area contributed by atoms with Crippen LogP contribution in [-0.4, -0.2) is 43.7 Å². The fraction of sp³-hybridized carbons (Fsp3) is 0.481. The number of nitrogens with one attached hydrogen (secondary N) is 1. The molecule has 1 saturated heterocycles. The molecule has 0 aliphatic carbocycles. The van der Waals surface area contributed by atoms with E-state index in [0.29, 0.717) is 37.1 Å². The Morgan fingerprint density at radius 1 is 0.955 bits per heavy atom. The summed E-state index contributed by atoms with van der Waals surface area (Å²) in [6.45, 7) is 2.63. The highest BCUT2D eigenvalue weighted by molar-refractivity contribution is 5.73. The van der Waals surface area contributed by atoms with Crippen LogP contribution in [-0.2, 0) is 43.5 Å². The highest BCUT2D eigenvalue weighted by Crippen LogP contribution is 2.39. The Balaban J connectivity index is 1.81. The Bertz CT molecular complexity index is 1450. The van der Waals surface area contributed by atoms with E-state index in [9.17, 15) is 44.3 Å². The first-order valence-corrected chi connectivity index (χ1v) is 13.4. The van der Waals surface area contributed by atoms with E-state index in [2.05, 4.69) is 20.7 Å². The number of anilines is 1. The number of aromatic nitrogens is 4. The third kappa shape index (κ3) is 7.60. The predicted molar refractivity (Wildman–Crippen MR) is 139 cm³/mol. The second kappa shape index (κ2) is 12.2. The number of rotatable bonds is 9. The van der Waals surface area contributed by atoms with Gasteiger partial charge in [0.15, 0.2) is 0 Å². The normalized spacial score (nSPS) is 16.9. The van der Waals surface area contributed by atoms with Crippen LogP contribution >= 0.6 is 0 Å². The van der Waals surface area contributed by atoms with Gasteiger partial charge in [0.1, 0.15) is 0 Å². The summed E-state index contributed by atoms with van der Waals surface area (Å²) >= 11 is 0. The summed E-state index contributed by atoms with van der Waals surface area (Å²) < 4.78 is 123. The zero-order valence-electron chi connectivity index (χ0n) is 23.6. The van der Waals surface area contributed by atoms with Crippen LogP contribution in [0.5, 0.6) is 0 Å². The van der Waals surface area contributed by atoms with Gasteiger partial charge in [-0.15, -0.1) is 5.10 Å². The third-order valence-corrected chi connectivity index (χ3v) is 7.21. The monoisotopic (exact) mass is 637 g/mol. The number of benzene rings is 2. The summed E-state index contributed by atoms with van der Waals surface area (Å²) in [4.78, 5) is 15.7. The summed E-state index contributed by atoms with van der Waals surface area (Å²) in [6, 6.07) is 3.69. The lowest BCUT2D eigenvalue weighted by Gasteiger charge is -2.46. The first-order chi connectivity index (χ1) is 20.4. The van der Waals surface area contributed by atoms with Gasteiger partial charge in [-0.05, 0) is 65.1 Å². The summed E-state index contributed by atoms with van der Waals surface area (Å²) in [7, 11) is 1.37. The van der Waals surface area contributed by atoms with Crippen molar-refractivity contribution in [3.63, 3.8) is 0 Å². The Labute approximate surface area is 245 Å². The molecule has 1 aliphatic heterocycles. The number of tetrazole rings is 1. The average molecular weight is 638 g/mol. The van der Waals surface area contributed by atoms with Crippen molar-refractivity contribution < 1.29 is 44.3 Å². The number of hydrogen-bond acceptors (Lipinski definition) is 6. The van der Waals surface area contributed by atoms with Crippen molar-refractivity contribution in [2.45, 2.75) is 70.5 Å². The number of nitrogens with zero attached hydrogens (tertiary/aromatic N) is 6. The molecule has 1 aromatic heterocycles. The Hall–Kier alpha value is -3.89. The van der Waals surface area contributed by atoms with Crippen molar-refractivity contribution in [3.8, 4) is 0 Å². The van der Waals surface area contributed by atoms with E-state index in [1.165, 1.54) is 20.0 Å². The lowest BCUT2D eigenvalue weighted by atomic mass is 9.91. The van der Waals surface area contributed by atoms with Crippen molar-refractivity contribution in [1.82, 2.24) is 30.4 Å². The highest BCUT2D eigenvalue weighted by atomic mass is 19.4. The summed E-state index contributed by atoms with van der Waals surface area (Å²) in [5.74, 6) is -0.517. The first-order valence-electron chi connectivity index (χ1n) is 13.4. The third-order valence-electron chi connectivity index (χ3n) is 7.21. The molecule has 1 amide bonds. The summed E-state index contributed by atoms with van der Waals surface area (Å²) in [5, 5.41) is 14.3. The number of hydrogen-bond donors (Lipinski definition) is 1. The molecular formula is C27H28F9N7O. The lowest BCUT2D eigenvalue weighted by Crippen LogP contribution is -2.58. The van der Waals surface area contributed by atoms with Gasteiger partial charge in [0.2, 0.25) is 5.91 Å². The molecule has 1 N–H and O–H groups in total. The van der Waals surface area contributed by atoms with Crippen LogP contribution in [0.4, 0.5) is 45.5 Å². The number of carbonyl (C=O) groups excluding carboxylic acids is 1. The molecular weight excluding hydrogens is 609 g/mol. The number of likely N-dealkylation sites (tertiary alicyclic amines) is 1. The second-order valence-corrected chi connectivity index (χ2v) is 10.4. The van der Waals surface area contributed by atoms with Gasteiger partial charge >= 0.3 is 18.5 Å². The topological polar surface area (TPSA) is 79.2 Å². The van der Waals surface area contributed by atoms with E-state index < -0.39 is 59.9 Å². The first kappa shape index (κ1) is 33.0. The molecule has 1 fully saturated rings. The van der Waals surface area contributed by atoms with Crippen LogP contribution in [0.2, 0.25) is 0 Å². The van der Waals surface area contributed by atoms with Gasteiger partial charge in [-0.25, -0.2) is 0 Å². The average Bonchev–Trinajstić information content (AvgIpc) is 3.33. The molecule has 1 unspecified atom stereocenters. The maximum absolute atomic E-state index is 13.8. The largest absolute Gasteiger partial charge is 0.416 e.